The predicted octanol–water partition coefficient (Wildman–Crippen LogP) is 4.26. The zero-order valence-corrected chi connectivity index (χ0v) is 12.9. The minimum Gasteiger partial charge on any atom is -0.444 e. The smallest absolute Gasteiger partial charge is 0.290 e. The number of nitrogens with zero attached hydrogens (tertiary/aromatic N) is 1. The highest BCUT2D eigenvalue weighted by Crippen LogP contribution is 2.17. The standard InChI is InChI=1S/C16H16BrNO2/c1-12(2)10-18(11-13-6-4-3-5-7-13)16(19)14-8-9-15(17)20-14/h3-9H,1,10-11H2,2H3. The van der Waals surface area contributed by atoms with Gasteiger partial charge in [0.25, 0.3) is 5.91 Å². The molecule has 0 aliphatic carbocycles. The molecule has 1 aromatic carbocycles. The van der Waals surface area contributed by atoms with Gasteiger partial charge in [0.2, 0.25) is 0 Å². The number of furan rings is 1. The highest BCUT2D eigenvalue weighted by atomic mass is 79.9. The van der Waals surface area contributed by atoms with Crippen molar-refractivity contribution < 1.29 is 9.21 Å². The largest absolute Gasteiger partial charge is 0.444 e. The van der Waals surface area contributed by atoms with Crippen LogP contribution in [-0.4, -0.2) is 17.4 Å². The third-order valence-corrected chi connectivity index (χ3v) is 3.17. The van der Waals surface area contributed by atoms with Crippen molar-refractivity contribution in [1.82, 2.24) is 4.90 Å². The van der Waals surface area contributed by atoms with Gasteiger partial charge in [-0.2, -0.15) is 0 Å². The first-order valence-corrected chi connectivity index (χ1v) is 7.08. The Morgan fingerprint density at radius 1 is 1.25 bits per heavy atom. The lowest BCUT2D eigenvalue weighted by Gasteiger charge is -2.22. The summed E-state index contributed by atoms with van der Waals surface area (Å²) in [5.74, 6) is 0.191. The maximum Gasteiger partial charge on any atom is 0.290 e. The second-order valence-corrected chi connectivity index (χ2v) is 5.49. The van der Waals surface area contributed by atoms with Gasteiger partial charge in [0, 0.05) is 13.1 Å². The van der Waals surface area contributed by atoms with E-state index in [-0.39, 0.29) is 5.91 Å². The van der Waals surface area contributed by atoms with E-state index in [4.69, 9.17) is 4.42 Å². The van der Waals surface area contributed by atoms with E-state index in [1.165, 1.54) is 0 Å². The van der Waals surface area contributed by atoms with E-state index < -0.39 is 0 Å². The van der Waals surface area contributed by atoms with Crippen LogP contribution in [0.5, 0.6) is 0 Å². The van der Waals surface area contributed by atoms with Crippen molar-refractivity contribution in [3.63, 3.8) is 0 Å². The molecule has 1 aromatic heterocycles. The van der Waals surface area contributed by atoms with Gasteiger partial charge in [-0.1, -0.05) is 42.5 Å². The van der Waals surface area contributed by atoms with Crippen molar-refractivity contribution in [3.05, 3.63) is 70.6 Å². The summed E-state index contributed by atoms with van der Waals surface area (Å²) >= 11 is 3.21. The Hall–Kier alpha value is -1.81. The van der Waals surface area contributed by atoms with E-state index in [1.54, 1.807) is 17.0 Å². The first-order chi connectivity index (χ1) is 9.56. The van der Waals surface area contributed by atoms with E-state index in [0.717, 1.165) is 11.1 Å². The number of halogens is 1. The quantitative estimate of drug-likeness (QED) is 0.766. The van der Waals surface area contributed by atoms with Gasteiger partial charge in [0.1, 0.15) is 0 Å². The lowest BCUT2D eigenvalue weighted by atomic mass is 10.2. The molecule has 0 spiro atoms. The molecule has 0 fully saturated rings. The molecular formula is C16H16BrNO2. The van der Waals surface area contributed by atoms with E-state index in [9.17, 15) is 4.79 Å². The molecule has 0 N–H and O–H groups in total. The number of carbonyl (C=O) groups is 1. The summed E-state index contributed by atoms with van der Waals surface area (Å²) in [5, 5.41) is 0. The van der Waals surface area contributed by atoms with Crippen LogP contribution in [0.4, 0.5) is 0 Å². The van der Waals surface area contributed by atoms with Crippen molar-refractivity contribution in [2.45, 2.75) is 13.5 Å². The van der Waals surface area contributed by atoms with Crippen molar-refractivity contribution in [1.29, 1.82) is 0 Å². The summed E-state index contributed by atoms with van der Waals surface area (Å²) < 4.78 is 5.89. The number of hydrogen-bond donors (Lipinski definition) is 0. The minimum absolute atomic E-state index is 0.137. The molecule has 4 heteroatoms. The van der Waals surface area contributed by atoms with Gasteiger partial charge >= 0.3 is 0 Å². The molecule has 104 valence electrons. The highest BCUT2D eigenvalue weighted by molar-refractivity contribution is 9.10. The lowest BCUT2D eigenvalue weighted by Crippen LogP contribution is -2.31. The van der Waals surface area contributed by atoms with Gasteiger partial charge in [-0.25, -0.2) is 0 Å². The average molecular weight is 334 g/mol. The van der Waals surface area contributed by atoms with Gasteiger partial charge in [0.15, 0.2) is 10.4 Å². The van der Waals surface area contributed by atoms with Gasteiger partial charge in [-0.05, 0) is 40.5 Å². The monoisotopic (exact) mass is 333 g/mol. The van der Waals surface area contributed by atoms with Gasteiger partial charge in [-0.3, -0.25) is 4.79 Å². The van der Waals surface area contributed by atoms with Crippen LogP contribution in [-0.2, 0) is 6.54 Å². The van der Waals surface area contributed by atoms with Gasteiger partial charge in [0.05, 0.1) is 0 Å². The Balaban J connectivity index is 2.19. The fourth-order valence-corrected chi connectivity index (χ4v) is 2.22. The molecule has 0 radical (unpaired) electrons. The molecule has 0 unspecified atom stereocenters. The molecule has 0 atom stereocenters. The normalized spacial score (nSPS) is 10.3. The number of rotatable bonds is 5. The van der Waals surface area contributed by atoms with E-state index in [1.807, 2.05) is 37.3 Å². The summed E-state index contributed by atoms with van der Waals surface area (Å²) in [6.45, 7) is 6.83. The molecule has 2 aromatic rings. The van der Waals surface area contributed by atoms with Crippen molar-refractivity contribution in [2.75, 3.05) is 6.54 Å². The molecule has 1 amide bonds. The fraction of sp³-hybridized carbons (Fsp3) is 0.188. The summed E-state index contributed by atoms with van der Waals surface area (Å²) in [5.41, 5.74) is 2.01. The predicted molar refractivity (Wildman–Crippen MR) is 82.4 cm³/mol. The summed E-state index contributed by atoms with van der Waals surface area (Å²) in [6, 6.07) is 13.3. The zero-order valence-electron chi connectivity index (χ0n) is 11.3. The zero-order chi connectivity index (χ0) is 14.5. The molecule has 3 nitrogen and oxygen atoms in total. The van der Waals surface area contributed by atoms with Crippen LogP contribution in [0.15, 0.2) is 63.7 Å². The van der Waals surface area contributed by atoms with E-state index in [2.05, 4.69) is 22.5 Å². The Morgan fingerprint density at radius 2 is 1.95 bits per heavy atom. The molecule has 1 heterocycles. The number of hydrogen-bond acceptors (Lipinski definition) is 2. The van der Waals surface area contributed by atoms with Crippen molar-refractivity contribution in [2.24, 2.45) is 0 Å². The third-order valence-electron chi connectivity index (χ3n) is 2.75. The summed E-state index contributed by atoms with van der Waals surface area (Å²) in [4.78, 5) is 14.2. The minimum atomic E-state index is -0.137. The van der Waals surface area contributed by atoms with E-state index >= 15 is 0 Å². The molecule has 0 aliphatic rings. The molecule has 0 saturated heterocycles. The Morgan fingerprint density at radius 3 is 2.50 bits per heavy atom. The molecule has 0 saturated carbocycles. The summed E-state index contributed by atoms with van der Waals surface area (Å²) in [7, 11) is 0. The van der Waals surface area contributed by atoms with Crippen LogP contribution < -0.4 is 0 Å². The fourth-order valence-electron chi connectivity index (χ4n) is 1.91. The number of carbonyl (C=O) groups excluding carboxylic acids is 1. The van der Waals surface area contributed by atoms with Crippen LogP contribution in [0, 0.1) is 0 Å². The van der Waals surface area contributed by atoms with Crippen molar-refractivity contribution in [3.8, 4) is 0 Å². The Labute approximate surface area is 127 Å². The average Bonchev–Trinajstić information content (AvgIpc) is 2.84. The molecule has 0 aliphatic heterocycles. The first-order valence-electron chi connectivity index (χ1n) is 6.29. The first kappa shape index (κ1) is 14.6. The molecule has 20 heavy (non-hydrogen) atoms. The van der Waals surface area contributed by atoms with Crippen LogP contribution in [0.3, 0.4) is 0 Å². The number of benzene rings is 1. The van der Waals surface area contributed by atoms with Gasteiger partial charge < -0.3 is 9.32 Å². The van der Waals surface area contributed by atoms with Crippen LogP contribution in [0.1, 0.15) is 23.0 Å². The van der Waals surface area contributed by atoms with E-state index in [0.29, 0.717) is 23.5 Å². The highest BCUT2D eigenvalue weighted by Gasteiger charge is 2.19. The third kappa shape index (κ3) is 3.84. The molecular weight excluding hydrogens is 318 g/mol. The maximum atomic E-state index is 12.5. The van der Waals surface area contributed by atoms with Gasteiger partial charge in [-0.15, -0.1) is 0 Å². The van der Waals surface area contributed by atoms with Crippen LogP contribution >= 0.6 is 15.9 Å². The number of amides is 1. The van der Waals surface area contributed by atoms with Crippen molar-refractivity contribution >= 4 is 21.8 Å². The second-order valence-electron chi connectivity index (χ2n) is 4.71. The molecule has 0 bridgehead atoms. The molecule has 2 rings (SSSR count). The maximum absolute atomic E-state index is 12.5. The SMILES string of the molecule is C=C(C)CN(Cc1ccccc1)C(=O)c1ccc(Br)o1. The topological polar surface area (TPSA) is 33.5 Å². The lowest BCUT2D eigenvalue weighted by molar-refractivity contribution is 0.0725. The Bertz CT molecular complexity index is 604. The van der Waals surface area contributed by atoms with Crippen LogP contribution in [0.25, 0.3) is 0 Å². The Kier molecular flexibility index (Phi) is 4.79. The van der Waals surface area contributed by atoms with Crippen LogP contribution in [0.2, 0.25) is 0 Å². The summed E-state index contributed by atoms with van der Waals surface area (Å²) in [6.07, 6.45) is 0. The second kappa shape index (κ2) is 6.57.